The van der Waals surface area contributed by atoms with Crippen LogP contribution in [0.2, 0.25) is 0 Å². The van der Waals surface area contributed by atoms with Crippen molar-refractivity contribution in [3.05, 3.63) is 42.0 Å². The number of amides is 1. The Labute approximate surface area is 129 Å². The van der Waals surface area contributed by atoms with Gasteiger partial charge >= 0.3 is 0 Å². The molecule has 0 unspecified atom stereocenters. The van der Waals surface area contributed by atoms with E-state index in [1.54, 1.807) is 18.5 Å². The van der Waals surface area contributed by atoms with Gasteiger partial charge in [-0.3, -0.25) is 4.79 Å². The van der Waals surface area contributed by atoms with E-state index in [1.165, 1.54) is 7.05 Å². The molecule has 0 aliphatic carbocycles. The number of benzene rings is 1. The molecule has 2 aromatic rings. The highest BCUT2D eigenvalue weighted by atomic mass is 32.2. The minimum Gasteiger partial charge on any atom is -0.325 e. The van der Waals surface area contributed by atoms with Crippen LogP contribution in [0.5, 0.6) is 0 Å². The molecule has 0 aliphatic rings. The lowest BCUT2D eigenvalue weighted by atomic mass is 10.2. The molecule has 7 nitrogen and oxygen atoms in total. The van der Waals surface area contributed by atoms with Crippen LogP contribution in [-0.4, -0.2) is 36.7 Å². The molecule has 1 amide bonds. The first-order chi connectivity index (χ1) is 10.3. The van der Waals surface area contributed by atoms with Crippen LogP contribution in [0.1, 0.15) is 11.4 Å². The Hall–Kier alpha value is -2.19. The molecule has 0 spiro atoms. The van der Waals surface area contributed by atoms with E-state index in [0.29, 0.717) is 5.69 Å². The van der Waals surface area contributed by atoms with Gasteiger partial charge in [-0.15, -0.1) is 0 Å². The summed E-state index contributed by atoms with van der Waals surface area (Å²) in [6, 6.07) is 7.09. The third-order valence-corrected chi connectivity index (χ3v) is 4.58. The number of carbonyl (C=O) groups excluding carboxylic acids is 1. The standard InChI is InChI=1S/C14H18N4O3S/c1-10-11(2)18(9-16-10)13-6-4-12(5-7-13)17-14(19)8-22(20,21)15-3/h4-7,9,15H,8H2,1-3H3,(H,17,19). The number of hydrogen-bond donors (Lipinski definition) is 2. The normalized spacial score (nSPS) is 11.4. The van der Waals surface area contributed by atoms with Crippen LogP contribution in [0.25, 0.3) is 5.69 Å². The van der Waals surface area contributed by atoms with Gasteiger partial charge in [-0.2, -0.15) is 0 Å². The van der Waals surface area contributed by atoms with Crippen LogP contribution in [0.15, 0.2) is 30.6 Å². The number of nitrogens with zero attached hydrogens (tertiary/aromatic N) is 2. The lowest BCUT2D eigenvalue weighted by Crippen LogP contribution is -2.30. The predicted molar refractivity (Wildman–Crippen MR) is 84.5 cm³/mol. The second kappa shape index (κ2) is 6.29. The molecule has 1 aromatic heterocycles. The lowest BCUT2D eigenvalue weighted by molar-refractivity contribution is -0.113. The van der Waals surface area contributed by atoms with Crippen LogP contribution in [0.3, 0.4) is 0 Å². The van der Waals surface area contributed by atoms with Gasteiger partial charge in [0.25, 0.3) is 0 Å². The largest absolute Gasteiger partial charge is 0.325 e. The Bertz CT molecular complexity index is 779. The van der Waals surface area contributed by atoms with Crippen molar-refractivity contribution in [3.8, 4) is 5.69 Å². The third kappa shape index (κ3) is 3.71. The van der Waals surface area contributed by atoms with Crippen molar-refractivity contribution in [2.45, 2.75) is 13.8 Å². The molecular formula is C14H18N4O3S. The van der Waals surface area contributed by atoms with Crippen molar-refractivity contribution in [2.75, 3.05) is 18.1 Å². The van der Waals surface area contributed by atoms with Gasteiger partial charge in [-0.25, -0.2) is 18.1 Å². The molecule has 0 saturated heterocycles. The monoisotopic (exact) mass is 322 g/mol. The van der Waals surface area contributed by atoms with Crippen LogP contribution in [0.4, 0.5) is 5.69 Å². The van der Waals surface area contributed by atoms with Crippen molar-refractivity contribution in [1.29, 1.82) is 0 Å². The number of carbonyl (C=O) groups is 1. The zero-order valence-corrected chi connectivity index (χ0v) is 13.4. The van der Waals surface area contributed by atoms with E-state index in [1.807, 2.05) is 30.5 Å². The fourth-order valence-corrected chi connectivity index (χ4v) is 2.47. The highest BCUT2D eigenvalue weighted by Gasteiger charge is 2.14. The van der Waals surface area contributed by atoms with E-state index in [2.05, 4.69) is 15.0 Å². The molecule has 1 aromatic carbocycles. The van der Waals surface area contributed by atoms with E-state index < -0.39 is 21.7 Å². The average Bonchev–Trinajstić information content (AvgIpc) is 2.79. The Morgan fingerprint density at radius 1 is 1.23 bits per heavy atom. The summed E-state index contributed by atoms with van der Waals surface area (Å²) in [5.74, 6) is -1.19. The van der Waals surface area contributed by atoms with E-state index in [9.17, 15) is 13.2 Å². The van der Waals surface area contributed by atoms with Gasteiger partial charge in [0.15, 0.2) is 0 Å². The van der Waals surface area contributed by atoms with E-state index in [-0.39, 0.29) is 0 Å². The molecule has 2 rings (SSSR count). The molecule has 0 fully saturated rings. The predicted octanol–water partition coefficient (Wildman–Crippen LogP) is 0.977. The summed E-state index contributed by atoms with van der Waals surface area (Å²) in [5, 5.41) is 2.55. The average molecular weight is 322 g/mol. The summed E-state index contributed by atoms with van der Waals surface area (Å²) in [6.45, 7) is 3.91. The first-order valence-electron chi connectivity index (χ1n) is 6.64. The molecule has 0 bridgehead atoms. The number of aromatic nitrogens is 2. The molecule has 22 heavy (non-hydrogen) atoms. The highest BCUT2D eigenvalue weighted by Crippen LogP contribution is 2.16. The Kier molecular flexibility index (Phi) is 4.62. The van der Waals surface area contributed by atoms with Gasteiger partial charge in [0.05, 0.1) is 12.0 Å². The first-order valence-corrected chi connectivity index (χ1v) is 8.29. The Morgan fingerprint density at radius 3 is 2.36 bits per heavy atom. The van der Waals surface area contributed by atoms with E-state index in [0.717, 1.165) is 17.1 Å². The maximum atomic E-state index is 11.7. The summed E-state index contributed by atoms with van der Waals surface area (Å²) in [6.07, 6.45) is 1.73. The second-order valence-corrected chi connectivity index (χ2v) is 6.77. The number of aryl methyl sites for hydroxylation is 1. The third-order valence-electron chi connectivity index (χ3n) is 3.31. The van der Waals surface area contributed by atoms with Gasteiger partial charge < -0.3 is 9.88 Å². The van der Waals surface area contributed by atoms with Gasteiger partial charge in [0, 0.05) is 17.1 Å². The van der Waals surface area contributed by atoms with Crippen molar-refractivity contribution in [3.63, 3.8) is 0 Å². The van der Waals surface area contributed by atoms with Crippen LogP contribution < -0.4 is 10.0 Å². The first kappa shape index (κ1) is 16.2. The number of hydrogen-bond acceptors (Lipinski definition) is 4. The highest BCUT2D eigenvalue weighted by molar-refractivity contribution is 7.90. The van der Waals surface area contributed by atoms with Crippen LogP contribution >= 0.6 is 0 Å². The van der Waals surface area contributed by atoms with Gasteiger partial charge in [-0.1, -0.05) is 0 Å². The molecule has 8 heteroatoms. The number of imidazole rings is 1. The van der Waals surface area contributed by atoms with Gasteiger partial charge in [0.2, 0.25) is 15.9 Å². The lowest BCUT2D eigenvalue weighted by Gasteiger charge is -2.08. The van der Waals surface area contributed by atoms with Crippen molar-refractivity contribution >= 4 is 21.6 Å². The molecule has 0 radical (unpaired) electrons. The summed E-state index contributed by atoms with van der Waals surface area (Å²) < 4.78 is 26.6. The molecular weight excluding hydrogens is 304 g/mol. The summed E-state index contributed by atoms with van der Waals surface area (Å²) in [7, 11) is -2.30. The minimum atomic E-state index is -3.57. The van der Waals surface area contributed by atoms with E-state index >= 15 is 0 Å². The van der Waals surface area contributed by atoms with Gasteiger partial charge in [-0.05, 0) is 45.2 Å². The Balaban J connectivity index is 2.10. The maximum absolute atomic E-state index is 11.7. The fourth-order valence-electron chi connectivity index (χ4n) is 1.91. The summed E-state index contributed by atoms with van der Waals surface area (Å²) >= 11 is 0. The van der Waals surface area contributed by atoms with Crippen molar-refractivity contribution in [1.82, 2.24) is 14.3 Å². The number of nitrogens with one attached hydrogen (secondary N) is 2. The Morgan fingerprint density at radius 2 is 1.86 bits per heavy atom. The van der Waals surface area contributed by atoms with Crippen molar-refractivity contribution in [2.24, 2.45) is 0 Å². The number of rotatable bonds is 5. The zero-order valence-electron chi connectivity index (χ0n) is 12.6. The molecule has 0 saturated carbocycles. The SMILES string of the molecule is CNS(=O)(=O)CC(=O)Nc1ccc(-n2cnc(C)c2C)cc1. The second-order valence-electron chi connectivity index (χ2n) is 4.84. The minimum absolute atomic E-state index is 0.537. The summed E-state index contributed by atoms with van der Waals surface area (Å²) in [5.41, 5.74) is 3.44. The van der Waals surface area contributed by atoms with Crippen LogP contribution in [-0.2, 0) is 14.8 Å². The maximum Gasteiger partial charge on any atom is 0.240 e. The van der Waals surface area contributed by atoms with E-state index in [4.69, 9.17) is 0 Å². The number of sulfonamides is 1. The van der Waals surface area contributed by atoms with Crippen molar-refractivity contribution < 1.29 is 13.2 Å². The molecule has 0 aliphatic heterocycles. The molecule has 2 N–H and O–H groups in total. The smallest absolute Gasteiger partial charge is 0.240 e. The summed E-state index contributed by atoms with van der Waals surface area (Å²) in [4.78, 5) is 15.9. The van der Waals surface area contributed by atoms with Gasteiger partial charge in [0.1, 0.15) is 5.75 Å². The topological polar surface area (TPSA) is 93.1 Å². The van der Waals surface area contributed by atoms with Crippen LogP contribution in [0, 0.1) is 13.8 Å². The zero-order chi connectivity index (χ0) is 16.3. The molecule has 1 heterocycles. The molecule has 118 valence electrons. The quantitative estimate of drug-likeness (QED) is 0.858. The fraction of sp³-hybridized carbons (Fsp3) is 0.286. The number of anilines is 1. The molecule has 0 atom stereocenters.